The van der Waals surface area contributed by atoms with Crippen molar-refractivity contribution in [3.8, 4) is 17.0 Å². The van der Waals surface area contributed by atoms with E-state index < -0.39 is 5.82 Å². The van der Waals surface area contributed by atoms with Gasteiger partial charge in [-0.2, -0.15) is 0 Å². The molecule has 1 heterocycles. The summed E-state index contributed by atoms with van der Waals surface area (Å²) in [6.45, 7) is 0. The fraction of sp³-hybridized carbons (Fsp3) is 0.100. The lowest BCUT2D eigenvalue weighted by molar-refractivity contribution is 0.411. The minimum absolute atomic E-state index is 0.0958. The second-order valence-electron chi connectivity index (χ2n) is 3.06. The highest BCUT2D eigenvalue weighted by Gasteiger charge is 2.16. The number of nitrogen functional groups attached to an aromatic ring is 1. The molecule has 2 aromatic rings. The fourth-order valence-corrected chi connectivity index (χ4v) is 1.59. The molecule has 0 aliphatic rings. The zero-order valence-corrected chi connectivity index (χ0v) is 9.08. The number of hydrogen-bond donors (Lipinski definition) is 1. The number of nitrogens with two attached hydrogens (primary N) is 1. The molecule has 0 radical (unpaired) electrons. The van der Waals surface area contributed by atoms with Crippen LogP contribution in [0, 0.1) is 5.82 Å². The third kappa shape index (κ3) is 1.69. The van der Waals surface area contributed by atoms with E-state index in [4.69, 9.17) is 26.6 Å². The first-order chi connectivity index (χ1) is 7.63. The van der Waals surface area contributed by atoms with Crippen molar-refractivity contribution in [2.24, 2.45) is 0 Å². The molecule has 2 rings (SSSR count). The Morgan fingerprint density at radius 1 is 1.50 bits per heavy atom. The maximum Gasteiger partial charge on any atom is 0.222 e. The molecule has 0 unspecified atom stereocenters. The van der Waals surface area contributed by atoms with Crippen molar-refractivity contribution in [3.05, 3.63) is 29.0 Å². The Labute approximate surface area is 95.7 Å². The molecule has 0 amide bonds. The van der Waals surface area contributed by atoms with Gasteiger partial charge in [0, 0.05) is 11.6 Å². The van der Waals surface area contributed by atoms with Crippen LogP contribution in [0.4, 0.5) is 10.3 Å². The molecule has 0 bridgehead atoms. The largest absolute Gasteiger partial charge is 0.494 e. The van der Waals surface area contributed by atoms with Crippen molar-refractivity contribution in [2.45, 2.75) is 0 Å². The topological polar surface area (TPSA) is 61.3 Å². The lowest BCUT2D eigenvalue weighted by Crippen LogP contribution is -1.91. The Balaban J connectivity index is 2.61. The molecule has 4 nitrogen and oxygen atoms in total. The van der Waals surface area contributed by atoms with Gasteiger partial charge in [0.2, 0.25) is 5.88 Å². The summed E-state index contributed by atoms with van der Waals surface area (Å²) in [5, 5.41) is 3.61. The van der Waals surface area contributed by atoms with Crippen molar-refractivity contribution >= 4 is 17.5 Å². The lowest BCUT2D eigenvalue weighted by atomic mass is 10.1. The van der Waals surface area contributed by atoms with Gasteiger partial charge in [-0.25, -0.2) is 4.39 Å². The van der Waals surface area contributed by atoms with Gasteiger partial charge in [-0.15, -0.1) is 0 Å². The molecular weight excluding hydrogens is 235 g/mol. The molecule has 0 spiro atoms. The Morgan fingerprint density at radius 3 is 2.81 bits per heavy atom. The molecule has 1 aromatic heterocycles. The Hall–Kier alpha value is -1.75. The summed E-state index contributed by atoms with van der Waals surface area (Å²) in [5.74, 6) is -0.189. The monoisotopic (exact) mass is 242 g/mol. The van der Waals surface area contributed by atoms with E-state index in [1.807, 2.05) is 0 Å². The first-order valence-electron chi connectivity index (χ1n) is 4.38. The standard InChI is InChI=1S/C10H8ClFN2O2/c1-15-10-5(2-3-6(12)9(10)11)7-4-8(13)16-14-7/h2-4H,13H2,1H3. The number of nitrogens with zero attached hydrogens (tertiary/aromatic N) is 1. The number of hydrogen-bond acceptors (Lipinski definition) is 4. The summed E-state index contributed by atoms with van der Waals surface area (Å²) in [6, 6.07) is 4.23. The SMILES string of the molecule is COc1c(-c2cc(N)on2)ccc(F)c1Cl. The first kappa shape index (κ1) is 10.8. The van der Waals surface area contributed by atoms with Crippen molar-refractivity contribution in [2.75, 3.05) is 12.8 Å². The second kappa shape index (κ2) is 4.02. The zero-order valence-electron chi connectivity index (χ0n) is 8.33. The second-order valence-corrected chi connectivity index (χ2v) is 3.43. The molecule has 0 saturated carbocycles. The summed E-state index contributed by atoms with van der Waals surface area (Å²) >= 11 is 5.77. The summed E-state index contributed by atoms with van der Waals surface area (Å²) in [7, 11) is 1.40. The highest BCUT2D eigenvalue weighted by molar-refractivity contribution is 6.32. The van der Waals surface area contributed by atoms with E-state index in [1.165, 1.54) is 25.3 Å². The summed E-state index contributed by atoms with van der Waals surface area (Å²) in [5.41, 5.74) is 6.36. The Kier molecular flexibility index (Phi) is 2.70. The molecule has 84 valence electrons. The number of anilines is 1. The van der Waals surface area contributed by atoms with Gasteiger partial charge < -0.3 is 15.0 Å². The van der Waals surface area contributed by atoms with Crippen molar-refractivity contribution in [1.82, 2.24) is 5.16 Å². The quantitative estimate of drug-likeness (QED) is 0.880. The van der Waals surface area contributed by atoms with E-state index in [9.17, 15) is 4.39 Å². The summed E-state index contributed by atoms with van der Waals surface area (Å²) in [6.07, 6.45) is 0. The molecule has 0 fully saturated rings. The van der Waals surface area contributed by atoms with Gasteiger partial charge in [-0.05, 0) is 12.1 Å². The average Bonchev–Trinajstić information content (AvgIpc) is 2.68. The highest BCUT2D eigenvalue weighted by atomic mass is 35.5. The van der Waals surface area contributed by atoms with Gasteiger partial charge in [-0.3, -0.25) is 0 Å². The highest BCUT2D eigenvalue weighted by Crippen LogP contribution is 2.37. The van der Waals surface area contributed by atoms with E-state index in [1.54, 1.807) is 0 Å². The van der Waals surface area contributed by atoms with Gasteiger partial charge in [0.1, 0.15) is 22.3 Å². The predicted molar refractivity (Wildman–Crippen MR) is 57.9 cm³/mol. The van der Waals surface area contributed by atoms with Gasteiger partial charge >= 0.3 is 0 Å². The van der Waals surface area contributed by atoms with Crippen LogP contribution in [-0.4, -0.2) is 12.3 Å². The molecule has 0 atom stereocenters. The normalized spacial score (nSPS) is 10.4. The first-order valence-corrected chi connectivity index (χ1v) is 4.76. The van der Waals surface area contributed by atoms with Crippen LogP contribution in [0.25, 0.3) is 11.3 Å². The van der Waals surface area contributed by atoms with Gasteiger partial charge in [0.05, 0.1) is 7.11 Å². The fourth-order valence-electron chi connectivity index (χ4n) is 1.35. The van der Waals surface area contributed by atoms with Crippen LogP contribution in [0.3, 0.4) is 0 Å². The average molecular weight is 243 g/mol. The molecule has 1 aromatic carbocycles. The van der Waals surface area contributed by atoms with Crippen molar-refractivity contribution in [1.29, 1.82) is 0 Å². The van der Waals surface area contributed by atoms with Crippen LogP contribution in [0.1, 0.15) is 0 Å². The van der Waals surface area contributed by atoms with Gasteiger partial charge in [0.15, 0.2) is 0 Å². The molecule has 0 aliphatic carbocycles. The number of rotatable bonds is 2. The predicted octanol–water partition coefficient (Wildman–Crippen LogP) is 2.72. The molecular formula is C10H8ClFN2O2. The Bertz CT molecular complexity index is 528. The van der Waals surface area contributed by atoms with Crippen molar-refractivity contribution in [3.63, 3.8) is 0 Å². The van der Waals surface area contributed by atoms with E-state index in [-0.39, 0.29) is 16.7 Å². The van der Waals surface area contributed by atoms with Crippen LogP contribution in [0.5, 0.6) is 5.75 Å². The van der Waals surface area contributed by atoms with E-state index in [0.717, 1.165) is 0 Å². The number of methoxy groups -OCH3 is 1. The lowest BCUT2D eigenvalue weighted by Gasteiger charge is -2.08. The van der Waals surface area contributed by atoms with E-state index in [2.05, 4.69) is 5.16 Å². The number of aromatic nitrogens is 1. The van der Waals surface area contributed by atoms with E-state index in [0.29, 0.717) is 11.3 Å². The van der Waals surface area contributed by atoms with Gasteiger partial charge in [0.25, 0.3) is 0 Å². The maximum atomic E-state index is 13.2. The number of benzene rings is 1. The Morgan fingerprint density at radius 2 is 2.25 bits per heavy atom. The maximum absolute atomic E-state index is 13.2. The smallest absolute Gasteiger partial charge is 0.222 e. The van der Waals surface area contributed by atoms with Crippen molar-refractivity contribution < 1.29 is 13.7 Å². The third-order valence-corrected chi connectivity index (χ3v) is 2.41. The van der Waals surface area contributed by atoms with Crippen LogP contribution in [0.2, 0.25) is 5.02 Å². The van der Waals surface area contributed by atoms with Crippen LogP contribution in [-0.2, 0) is 0 Å². The molecule has 2 N–H and O–H groups in total. The molecule has 0 aliphatic heterocycles. The minimum Gasteiger partial charge on any atom is -0.494 e. The van der Waals surface area contributed by atoms with Crippen LogP contribution >= 0.6 is 11.6 Å². The summed E-state index contributed by atoms with van der Waals surface area (Å²) < 4.78 is 22.9. The van der Waals surface area contributed by atoms with E-state index >= 15 is 0 Å². The van der Waals surface area contributed by atoms with Crippen LogP contribution in [0.15, 0.2) is 22.7 Å². The van der Waals surface area contributed by atoms with Crippen LogP contribution < -0.4 is 10.5 Å². The van der Waals surface area contributed by atoms with Gasteiger partial charge in [-0.1, -0.05) is 16.8 Å². The number of ether oxygens (including phenoxy) is 1. The zero-order chi connectivity index (χ0) is 11.7. The number of halogens is 2. The molecule has 16 heavy (non-hydrogen) atoms. The molecule has 6 heteroatoms. The minimum atomic E-state index is -0.557. The summed E-state index contributed by atoms with van der Waals surface area (Å²) in [4.78, 5) is 0. The molecule has 0 saturated heterocycles. The third-order valence-electron chi connectivity index (χ3n) is 2.06.